The Morgan fingerprint density at radius 3 is 0.600 bits per heavy atom. The van der Waals surface area contributed by atoms with Crippen molar-refractivity contribution in [1.29, 1.82) is 0 Å². The molecule has 0 aromatic carbocycles. The summed E-state index contributed by atoms with van der Waals surface area (Å²) in [7, 11) is 0. The molecule has 0 rings (SSSR count). The van der Waals surface area contributed by atoms with E-state index in [4.69, 9.17) is 0 Å². The summed E-state index contributed by atoms with van der Waals surface area (Å²) < 4.78 is 0. The van der Waals surface area contributed by atoms with Crippen LogP contribution < -0.4 is 0 Å². The Morgan fingerprint density at radius 1 is 0.600 bits per heavy atom. The number of hydrogen-bond donors (Lipinski definition) is 0. The van der Waals surface area contributed by atoms with Gasteiger partial charge in [0.1, 0.15) is 0 Å². The minimum Gasteiger partial charge on any atom is -0.358 e. The summed E-state index contributed by atoms with van der Waals surface area (Å²) in [5.74, 6) is 0. The minimum atomic E-state index is 0. The van der Waals surface area contributed by atoms with Crippen LogP contribution in [0.3, 0.4) is 0 Å². The van der Waals surface area contributed by atoms with Crippen LogP contribution in [0.4, 0.5) is 0 Å². The van der Waals surface area contributed by atoms with Gasteiger partial charge in [-0.25, -0.2) is 0 Å². The third-order valence-electron chi connectivity index (χ3n) is 0. The summed E-state index contributed by atoms with van der Waals surface area (Å²) in [5, 5.41) is 0. The standard InChI is InChI=1S/3CH3.Ti.W/h3*1H3;;/q3*-1;+3;. The molecular formula is C3H9TiW. The molecule has 5 heavy (non-hydrogen) atoms. The van der Waals surface area contributed by atoms with Gasteiger partial charge in [-0.15, -0.1) is 0 Å². The molecule has 0 aromatic rings. The van der Waals surface area contributed by atoms with E-state index in [9.17, 15) is 0 Å². The zero-order valence-corrected chi connectivity index (χ0v) is 8.40. The Labute approximate surface area is 64.9 Å². The van der Waals surface area contributed by atoms with E-state index in [0.29, 0.717) is 0 Å². The summed E-state index contributed by atoms with van der Waals surface area (Å²) in [5.41, 5.74) is 0. The first kappa shape index (κ1) is 95.0. The second kappa shape index (κ2) is 53.2. The van der Waals surface area contributed by atoms with E-state index in [1.807, 2.05) is 0 Å². The molecule has 0 spiro atoms. The van der Waals surface area contributed by atoms with Gasteiger partial charge in [0.25, 0.3) is 0 Å². The first-order valence-corrected chi connectivity index (χ1v) is 0. The molecule has 0 bridgehead atoms. The molecule has 0 saturated carbocycles. The fourth-order valence-corrected chi connectivity index (χ4v) is 0. The molecule has 2 heteroatoms. The maximum atomic E-state index is 0. The zero-order chi connectivity index (χ0) is 0. The fraction of sp³-hybridized carbons (Fsp3) is 0. The van der Waals surface area contributed by atoms with E-state index in [1.165, 1.54) is 0 Å². The van der Waals surface area contributed by atoms with Crippen LogP contribution in [0.2, 0.25) is 0 Å². The van der Waals surface area contributed by atoms with E-state index >= 15 is 0 Å². The van der Waals surface area contributed by atoms with Crippen LogP contribution in [-0.4, -0.2) is 0 Å². The van der Waals surface area contributed by atoms with Crippen molar-refractivity contribution in [1.82, 2.24) is 0 Å². The van der Waals surface area contributed by atoms with E-state index in [2.05, 4.69) is 0 Å². The van der Waals surface area contributed by atoms with Crippen LogP contribution in [-0.2, 0) is 42.8 Å². The van der Waals surface area contributed by atoms with Crippen LogP contribution in [0, 0.1) is 22.3 Å². The Morgan fingerprint density at radius 2 is 0.600 bits per heavy atom. The first-order valence-electron chi connectivity index (χ1n) is 0. The second-order valence-electron chi connectivity index (χ2n) is 0. The van der Waals surface area contributed by atoms with Crippen molar-refractivity contribution in [3.05, 3.63) is 22.3 Å². The molecule has 0 aliphatic rings. The Kier molecular flexibility index (Phi) is 1010. The fourth-order valence-electron chi connectivity index (χ4n) is 0. The summed E-state index contributed by atoms with van der Waals surface area (Å²) >= 11 is 0. The Hall–Kier alpha value is 1.40. The predicted octanol–water partition coefficient (Wildman–Crippen LogP) is 1.35. The van der Waals surface area contributed by atoms with E-state index in [1.54, 1.807) is 0 Å². The van der Waals surface area contributed by atoms with Crippen LogP contribution in [0.1, 0.15) is 0 Å². The van der Waals surface area contributed by atoms with Crippen molar-refractivity contribution in [2.75, 3.05) is 0 Å². The minimum absolute atomic E-state index is 0. The van der Waals surface area contributed by atoms with E-state index in [0.717, 1.165) is 0 Å². The van der Waals surface area contributed by atoms with Gasteiger partial charge in [0.05, 0.1) is 0 Å². The summed E-state index contributed by atoms with van der Waals surface area (Å²) in [6, 6.07) is 0. The van der Waals surface area contributed by atoms with Crippen LogP contribution >= 0.6 is 0 Å². The maximum Gasteiger partial charge on any atom is 3.00 e. The molecule has 0 atom stereocenters. The SMILES string of the molecule is [CH3-].[CH3-].[CH3-].[Ti+3].[W]. The van der Waals surface area contributed by atoms with E-state index < -0.39 is 0 Å². The average Bonchev–Trinajstić information content (AvgIpc) is 0. The molecule has 0 saturated heterocycles. The summed E-state index contributed by atoms with van der Waals surface area (Å²) in [6.45, 7) is 0. The summed E-state index contributed by atoms with van der Waals surface area (Å²) in [6.07, 6.45) is 0. The smallest absolute Gasteiger partial charge is 0.358 e. The molecule has 0 amide bonds. The van der Waals surface area contributed by atoms with Gasteiger partial charge in [0.15, 0.2) is 0 Å². The third kappa shape index (κ3) is 31.8. The van der Waals surface area contributed by atoms with Crippen LogP contribution in [0.5, 0.6) is 0 Å². The average molecular weight is 277 g/mol. The van der Waals surface area contributed by atoms with Crippen LogP contribution in [0.25, 0.3) is 0 Å². The molecule has 0 aliphatic heterocycles. The normalized spacial score (nSPS) is 0. The quantitative estimate of drug-likeness (QED) is 0.463. The van der Waals surface area contributed by atoms with Gasteiger partial charge in [0, 0.05) is 21.1 Å². The monoisotopic (exact) mass is 277 g/mol. The van der Waals surface area contributed by atoms with Gasteiger partial charge in [-0.05, 0) is 0 Å². The molecule has 0 aliphatic carbocycles. The number of hydrogen-bond acceptors (Lipinski definition) is 0. The Bertz CT molecular complexity index is 6.85. The third-order valence-corrected chi connectivity index (χ3v) is 0. The molecule has 0 aromatic heterocycles. The molecule has 0 unspecified atom stereocenters. The van der Waals surface area contributed by atoms with Crippen molar-refractivity contribution in [2.24, 2.45) is 0 Å². The molecular weight excluding hydrogens is 268 g/mol. The van der Waals surface area contributed by atoms with Gasteiger partial charge in [-0.1, -0.05) is 0 Å². The van der Waals surface area contributed by atoms with Gasteiger partial charge >= 0.3 is 21.7 Å². The van der Waals surface area contributed by atoms with Crippen molar-refractivity contribution in [3.63, 3.8) is 0 Å². The molecule has 31 valence electrons. The zero-order valence-electron chi connectivity index (χ0n) is 3.91. The van der Waals surface area contributed by atoms with Gasteiger partial charge < -0.3 is 22.3 Å². The predicted molar refractivity (Wildman–Crippen MR) is 19.2 cm³/mol. The topological polar surface area (TPSA) is 0 Å². The van der Waals surface area contributed by atoms with Crippen molar-refractivity contribution < 1.29 is 42.8 Å². The molecule has 0 heterocycles. The molecule has 1 radical (unpaired) electrons. The maximum absolute atomic E-state index is 0. The molecule has 0 fully saturated rings. The number of rotatable bonds is 0. The van der Waals surface area contributed by atoms with Crippen molar-refractivity contribution >= 4 is 0 Å². The van der Waals surface area contributed by atoms with Gasteiger partial charge in [-0.3, -0.25) is 0 Å². The van der Waals surface area contributed by atoms with Gasteiger partial charge in [0.2, 0.25) is 0 Å². The first-order chi connectivity index (χ1) is 0. The molecule has 0 N–H and O–H groups in total. The van der Waals surface area contributed by atoms with E-state index in [-0.39, 0.29) is 65.1 Å². The largest absolute Gasteiger partial charge is 3.00 e. The second-order valence-corrected chi connectivity index (χ2v) is 0. The van der Waals surface area contributed by atoms with Crippen molar-refractivity contribution in [2.45, 2.75) is 0 Å². The molecule has 0 nitrogen and oxygen atoms in total. The Balaban J connectivity index is 0. The van der Waals surface area contributed by atoms with Gasteiger partial charge in [-0.2, -0.15) is 0 Å². The van der Waals surface area contributed by atoms with Crippen molar-refractivity contribution in [3.8, 4) is 0 Å². The summed E-state index contributed by atoms with van der Waals surface area (Å²) in [4.78, 5) is 0. The van der Waals surface area contributed by atoms with Crippen LogP contribution in [0.15, 0.2) is 0 Å².